The third-order valence-corrected chi connectivity index (χ3v) is 2.91. The molecule has 8 nitrogen and oxygen atoms in total. The Morgan fingerprint density at radius 2 is 2.32 bits per heavy atom. The molecule has 0 fully saturated rings. The fraction of sp³-hybridized carbons (Fsp3) is 0.286. The summed E-state index contributed by atoms with van der Waals surface area (Å²) < 4.78 is 4.82. The van der Waals surface area contributed by atoms with Crippen molar-refractivity contribution in [3.63, 3.8) is 0 Å². The minimum absolute atomic E-state index is 0.158. The van der Waals surface area contributed by atoms with Crippen molar-refractivity contribution in [2.45, 2.75) is 13.5 Å². The highest BCUT2D eigenvalue weighted by atomic mass is 16.5. The molecule has 0 atom stereocenters. The molecule has 0 radical (unpaired) electrons. The van der Waals surface area contributed by atoms with Crippen molar-refractivity contribution >= 4 is 29.9 Å². The average molecular weight is 305 g/mol. The van der Waals surface area contributed by atoms with Crippen LogP contribution in [0.3, 0.4) is 0 Å². The van der Waals surface area contributed by atoms with Crippen LogP contribution in [-0.2, 0) is 20.9 Å². The highest BCUT2D eigenvalue weighted by Gasteiger charge is 2.25. The van der Waals surface area contributed by atoms with E-state index in [9.17, 15) is 14.4 Å². The van der Waals surface area contributed by atoms with Gasteiger partial charge in [0.05, 0.1) is 13.2 Å². The van der Waals surface area contributed by atoms with Gasteiger partial charge in [0.15, 0.2) is 0 Å². The zero-order valence-corrected chi connectivity index (χ0v) is 11.9. The maximum atomic E-state index is 11.9. The molecule has 2 rings (SSSR count). The lowest BCUT2D eigenvalue weighted by Gasteiger charge is -2.27. The summed E-state index contributed by atoms with van der Waals surface area (Å²) in [7, 11) is 0. The summed E-state index contributed by atoms with van der Waals surface area (Å²) in [6, 6.07) is 1.28. The lowest BCUT2D eigenvalue weighted by atomic mass is 10.1. The first-order valence-electron chi connectivity index (χ1n) is 6.61. The Hall–Kier alpha value is -2.90. The molecule has 2 heterocycles. The number of hydrogen-bond donors (Lipinski definition) is 2. The van der Waals surface area contributed by atoms with E-state index in [1.807, 2.05) is 0 Å². The zero-order chi connectivity index (χ0) is 16.1. The number of anilines is 1. The first-order valence-corrected chi connectivity index (χ1v) is 6.61. The number of aliphatic carboxylic acids is 1. The van der Waals surface area contributed by atoms with E-state index in [4.69, 9.17) is 9.84 Å². The highest BCUT2D eigenvalue weighted by molar-refractivity contribution is 5.93. The van der Waals surface area contributed by atoms with Crippen LogP contribution in [0.4, 0.5) is 10.6 Å². The molecule has 0 saturated carbocycles. The van der Waals surface area contributed by atoms with Crippen molar-refractivity contribution in [2.75, 3.05) is 18.5 Å². The predicted molar refractivity (Wildman–Crippen MR) is 77.0 cm³/mol. The number of hydrogen-bond acceptors (Lipinski definition) is 5. The number of ether oxygens (including phenoxy) is 1. The van der Waals surface area contributed by atoms with Gasteiger partial charge in [0.1, 0.15) is 12.4 Å². The molecule has 8 heteroatoms. The van der Waals surface area contributed by atoms with Crippen LogP contribution in [0.15, 0.2) is 18.3 Å². The first kappa shape index (κ1) is 15.5. The van der Waals surface area contributed by atoms with Crippen LogP contribution < -0.4 is 5.32 Å². The zero-order valence-electron chi connectivity index (χ0n) is 11.9. The molecule has 2 N–H and O–H groups in total. The smallest absolute Gasteiger partial charge is 0.328 e. The van der Waals surface area contributed by atoms with Crippen LogP contribution >= 0.6 is 0 Å². The number of aromatic nitrogens is 1. The van der Waals surface area contributed by atoms with Gasteiger partial charge < -0.3 is 14.7 Å². The Labute approximate surface area is 126 Å². The fourth-order valence-electron chi connectivity index (χ4n) is 1.97. The predicted octanol–water partition coefficient (Wildman–Crippen LogP) is 1.09. The molecule has 0 aliphatic carbocycles. The molecule has 1 aliphatic heterocycles. The largest absolute Gasteiger partial charge is 0.478 e. The number of esters is 1. The molecule has 0 spiro atoms. The normalized spacial score (nSPS) is 13.7. The van der Waals surface area contributed by atoms with Gasteiger partial charge in [0.25, 0.3) is 0 Å². The van der Waals surface area contributed by atoms with Gasteiger partial charge in [-0.2, -0.15) is 0 Å². The summed E-state index contributed by atoms with van der Waals surface area (Å²) in [5.74, 6) is -1.15. The van der Waals surface area contributed by atoms with Crippen molar-refractivity contribution in [1.82, 2.24) is 9.88 Å². The van der Waals surface area contributed by atoms with E-state index < -0.39 is 18.0 Å². The van der Waals surface area contributed by atoms with E-state index in [0.29, 0.717) is 16.9 Å². The molecule has 2 amide bonds. The van der Waals surface area contributed by atoms with Gasteiger partial charge >= 0.3 is 18.0 Å². The molecule has 1 aliphatic rings. The number of carbonyl (C=O) groups excluding carboxylic acids is 2. The lowest BCUT2D eigenvalue weighted by Crippen LogP contribution is -2.42. The van der Waals surface area contributed by atoms with Crippen molar-refractivity contribution in [3.8, 4) is 0 Å². The Balaban J connectivity index is 2.15. The van der Waals surface area contributed by atoms with Crippen LogP contribution in [0.5, 0.6) is 0 Å². The molecule has 0 aromatic carbocycles. The van der Waals surface area contributed by atoms with Gasteiger partial charge in [-0.05, 0) is 24.6 Å². The number of urea groups is 1. The Morgan fingerprint density at radius 3 is 3.00 bits per heavy atom. The minimum atomic E-state index is -1.06. The Morgan fingerprint density at radius 1 is 1.55 bits per heavy atom. The van der Waals surface area contributed by atoms with E-state index in [0.717, 1.165) is 6.08 Å². The van der Waals surface area contributed by atoms with E-state index in [1.54, 1.807) is 13.0 Å². The second-order valence-corrected chi connectivity index (χ2v) is 4.54. The fourth-order valence-corrected chi connectivity index (χ4v) is 1.97. The summed E-state index contributed by atoms with van der Waals surface area (Å²) in [5.41, 5.74) is 1.28. The van der Waals surface area contributed by atoms with E-state index >= 15 is 0 Å². The minimum Gasteiger partial charge on any atom is -0.478 e. The number of nitrogens with one attached hydrogen (secondary N) is 1. The molecular formula is C14H15N3O5. The van der Waals surface area contributed by atoms with Gasteiger partial charge in [-0.25, -0.2) is 14.6 Å². The summed E-state index contributed by atoms with van der Waals surface area (Å²) >= 11 is 0. The number of fused-ring (bicyclic) bond motifs is 1. The number of rotatable bonds is 5. The topological polar surface area (TPSA) is 109 Å². The molecule has 22 heavy (non-hydrogen) atoms. The van der Waals surface area contributed by atoms with Crippen LogP contribution in [0.25, 0.3) is 6.08 Å². The molecular weight excluding hydrogens is 290 g/mol. The molecule has 1 aromatic heterocycles. The molecule has 0 saturated heterocycles. The number of amides is 2. The van der Waals surface area contributed by atoms with E-state index in [2.05, 4.69) is 10.3 Å². The van der Waals surface area contributed by atoms with Crippen LogP contribution in [0.2, 0.25) is 0 Å². The average Bonchev–Trinajstić information content (AvgIpc) is 2.46. The third-order valence-electron chi connectivity index (χ3n) is 2.91. The summed E-state index contributed by atoms with van der Waals surface area (Å²) in [6.07, 6.45) is 3.86. The maximum absolute atomic E-state index is 11.9. The second-order valence-electron chi connectivity index (χ2n) is 4.54. The van der Waals surface area contributed by atoms with Crippen LogP contribution in [-0.4, -0.2) is 46.1 Å². The SMILES string of the molecule is CCOC(=O)CN1Cc2cc(C=CC(=O)O)cnc2NC1=O. The maximum Gasteiger partial charge on any atom is 0.328 e. The first-order chi connectivity index (χ1) is 10.5. The number of carboxylic acid groups (broad SMARTS) is 1. The number of carboxylic acids is 1. The lowest BCUT2D eigenvalue weighted by molar-refractivity contribution is -0.143. The van der Waals surface area contributed by atoms with Gasteiger partial charge in [0.2, 0.25) is 0 Å². The monoisotopic (exact) mass is 305 g/mol. The van der Waals surface area contributed by atoms with Crippen LogP contribution in [0, 0.1) is 0 Å². The van der Waals surface area contributed by atoms with Gasteiger partial charge in [0, 0.05) is 17.8 Å². The standard InChI is InChI=1S/C14H15N3O5/c1-2-22-12(20)8-17-7-10-5-9(3-4-11(18)19)6-15-13(10)16-14(17)21/h3-6H,2,7-8H2,1H3,(H,18,19)(H,15,16,21). The quantitative estimate of drug-likeness (QED) is 0.622. The summed E-state index contributed by atoms with van der Waals surface area (Å²) in [5, 5.41) is 11.2. The summed E-state index contributed by atoms with van der Waals surface area (Å²) in [6.45, 7) is 1.97. The third kappa shape index (κ3) is 3.81. The van der Waals surface area contributed by atoms with Crippen molar-refractivity contribution in [3.05, 3.63) is 29.5 Å². The highest BCUT2D eigenvalue weighted by Crippen LogP contribution is 2.22. The molecule has 0 bridgehead atoms. The van der Waals surface area contributed by atoms with Gasteiger partial charge in [-0.1, -0.05) is 0 Å². The number of nitrogens with zero attached hydrogens (tertiary/aromatic N) is 2. The molecule has 116 valence electrons. The van der Waals surface area contributed by atoms with Crippen LogP contribution in [0.1, 0.15) is 18.1 Å². The molecule has 1 aromatic rings. The Kier molecular flexibility index (Phi) is 4.72. The number of carbonyl (C=O) groups is 3. The van der Waals surface area contributed by atoms with Gasteiger partial charge in [-0.15, -0.1) is 0 Å². The second kappa shape index (κ2) is 6.70. The number of pyridine rings is 1. The van der Waals surface area contributed by atoms with Crippen molar-refractivity contribution in [2.24, 2.45) is 0 Å². The van der Waals surface area contributed by atoms with Gasteiger partial charge in [-0.3, -0.25) is 10.1 Å². The van der Waals surface area contributed by atoms with E-state index in [-0.39, 0.29) is 19.7 Å². The van der Waals surface area contributed by atoms with Crippen molar-refractivity contribution in [1.29, 1.82) is 0 Å². The van der Waals surface area contributed by atoms with Crippen molar-refractivity contribution < 1.29 is 24.2 Å². The summed E-state index contributed by atoms with van der Waals surface area (Å²) in [4.78, 5) is 39.2. The Bertz CT molecular complexity index is 641. The molecule has 0 unspecified atom stereocenters. The van der Waals surface area contributed by atoms with E-state index in [1.165, 1.54) is 17.2 Å².